The van der Waals surface area contributed by atoms with Gasteiger partial charge in [-0.15, -0.1) is 0 Å². The molecule has 2 aliphatic heterocycles. The number of azide groups is 1. The molecule has 1 spiro atoms. The van der Waals surface area contributed by atoms with E-state index in [9.17, 15) is 19.8 Å². The number of aliphatic hydroxyl groups is 2. The number of hydrogen-bond donors (Lipinski definition) is 2. The second kappa shape index (κ2) is 7.92. The summed E-state index contributed by atoms with van der Waals surface area (Å²) in [6.45, 7) is 7.91. The van der Waals surface area contributed by atoms with Crippen molar-refractivity contribution in [3.8, 4) is 0 Å². The molecule has 0 aromatic rings. The van der Waals surface area contributed by atoms with Gasteiger partial charge in [0.25, 0.3) is 0 Å². The summed E-state index contributed by atoms with van der Waals surface area (Å²) in [7, 11) is 0. The molecule has 9 heteroatoms. The number of ketones is 1. The van der Waals surface area contributed by atoms with Crippen molar-refractivity contribution in [2.45, 2.75) is 96.1 Å². The first kappa shape index (κ1) is 25.1. The van der Waals surface area contributed by atoms with E-state index in [1.807, 2.05) is 13.8 Å². The fourth-order valence-corrected chi connectivity index (χ4v) is 9.73. The number of fused-ring (bicyclic) bond motifs is 4. The lowest BCUT2D eigenvalue weighted by molar-refractivity contribution is -0.200. The molecule has 9 nitrogen and oxygen atoms in total. The number of hydrogen-bond acceptors (Lipinski definition) is 7. The lowest BCUT2D eigenvalue weighted by atomic mass is 9.43. The van der Waals surface area contributed by atoms with Crippen LogP contribution in [0.1, 0.15) is 72.6 Å². The van der Waals surface area contributed by atoms with Crippen LogP contribution in [0.3, 0.4) is 0 Å². The van der Waals surface area contributed by atoms with Gasteiger partial charge in [-0.25, -0.2) is 4.79 Å². The SMILES string of the molecule is CC1=C(CO)C(=O)O[C@@H]([C@@H](C)[C@H]2CC[C@]3(O)[C@@H]4C[C@H]5O[C@]56CC(N=[N+]=[N-])=CC(=O)[C@]6(C)[C@H]4CC[C@]23C)C1. The normalized spacial score (nSPS) is 49.0. The second-order valence-electron chi connectivity index (χ2n) is 13.0. The summed E-state index contributed by atoms with van der Waals surface area (Å²) in [5.74, 6) is -0.349. The van der Waals surface area contributed by atoms with Crippen LogP contribution in [0, 0.1) is 34.5 Å². The van der Waals surface area contributed by atoms with Crippen LogP contribution in [0.2, 0.25) is 0 Å². The van der Waals surface area contributed by atoms with Crippen molar-refractivity contribution < 1.29 is 29.3 Å². The highest BCUT2D eigenvalue weighted by Crippen LogP contribution is 2.74. The van der Waals surface area contributed by atoms with Gasteiger partial charge in [0.15, 0.2) is 5.78 Å². The number of cyclic esters (lactones) is 1. The van der Waals surface area contributed by atoms with Gasteiger partial charge in [-0.05, 0) is 86.6 Å². The first-order valence-corrected chi connectivity index (χ1v) is 13.7. The van der Waals surface area contributed by atoms with E-state index in [0.717, 1.165) is 24.8 Å². The minimum Gasteiger partial charge on any atom is -0.458 e. The number of ether oxygens (including phenoxy) is 2. The van der Waals surface area contributed by atoms with Crippen LogP contribution in [0.25, 0.3) is 10.4 Å². The van der Waals surface area contributed by atoms with Crippen LogP contribution >= 0.6 is 0 Å². The summed E-state index contributed by atoms with van der Waals surface area (Å²) in [4.78, 5) is 29.0. The Morgan fingerprint density at radius 2 is 2.00 bits per heavy atom. The zero-order valence-corrected chi connectivity index (χ0v) is 22.1. The molecule has 1 saturated heterocycles. The monoisotopic (exact) mass is 511 g/mol. The highest BCUT2D eigenvalue weighted by molar-refractivity contribution is 5.98. The van der Waals surface area contributed by atoms with Crippen molar-refractivity contribution in [1.29, 1.82) is 0 Å². The minimum absolute atomic E-state index is 0.0143. The minimum atomic E-state index is -0.940. The van der Waals surface area contributed by atoms with Crippen molar-refractivity contribution >= 4 is 11.8 Å². The Balaban J connectivity index is 1.30. The molecule has 3 saturated carbocycles. The predicted octanol–water partition coefficient (Wildman–Crippen LogP) is 4.14. The number of esters is 1. The van der Waals surface area contributed by atoms with E-state index >= 15 is 0 Å². The van der Waals surface area contributed by atoms with Gasteiger partial charge in [0.05, 0.1) is 29.3 Å². The van der Waals surface area contributed by atoms with E-state index in [1.54, 1.807) is 0 Å². The molecule has 200 valence electrons. The maximum absolute atomic E-state index is 13.6. The number of carbonyl (C=O) groups is 2. The third kappa shape index (κ3) is 3.00. The molecular weight excluding hydrogens is 474 g/mol. The molecule has 37 heavy (non-hydrogen) atoms. The molecule has 4 fully saturated rings. The summed E-state index contributed by atoms with van der Waals surface area (Å²) < 4.78 is 12.1. The van der Waals surface area contributed by atoms with Crippen LogP contribution in [-0.4, -0.2) is 52.0 Å². The van der Waals surface area contributed by atoms with E-state index in [0.29, 0.717) is 37.0 Å². The number of nitrogens with zero attached hydrogens (tertiary/aromatic N) is 3. The molecule has 0 aromatic heterocycles. The predicted molar refractivity (Wildman–Crippen MR) is 133 cm³/mol. The van der Waals surface area contributed by atoms with Crippen LogP contribution in [0.4, 0.5) is 0 Å². The maximum atomic E-state index is 13.6. The zero-order chi connectivity index (χ0) is 26.5. The molecule has 0 aromatic carbocycles. The first-order valence-electron chi connectivity index (χ1n) is 13.7. The Hall–Kier alpha value is -2.19. The fourth-order valence-electron chi connectivity index (χ4n) is 9.73. The van der Waals surface area contributed by atoms with E-state index in [-0.39, 0.29) is 53.7 Å². The van der Waals surface area contributed by atoms with Crippen LogP contribution in [0.15, 0.2) is 28.0 Å². The fraction of sp³-hybridized carbons (Fsp3) is 0.786. The average Bonchev–Trinajstić information content (AvgIpc) is 3.47. The molecule has 6 aliphatic rings. The molecule has 0 amide bonds. The number of rotatable bonds is 4. The van der Waals surface area contributed by atoms with Gasteiger partial charge in [-0.2, -0.15) is 0 Å². The van der Waals surface area contributed by atoms with Crippen molar-refractivity contribution in [2.24, 2.45) is 39.6 Å². The molecule has 2 heterocycles. The van der Waals surface area contributed by atoms with Gasteiger partial charge in [-0.3, -0.25) is 4.79 Å². The number of allylic oxidation sites excluding steroid dienone is 1. The van der Waals surface area contributed by atoms with Gasteiger partial charge in [-0.1, -0.05) is 24.5 Å². The Morgan fingerprint density at radius 1 is 1.24 bits per heavy atom. The Labute approximate surface area is 216 Å². The van der Waals surface area contributed by atoms with Gasteiger partial charge in [0, 0.05) is 23.5 Å². The van der Waals surface area contributed by atoms with Gasteiger partial charge in [0.1, 0.15) is 11.7 Å². The molecule has 6 rings (SSSR count). The summed E-state index contributed by atoms with van der Waals surface area (Å²) in [5.41, 5.74) is 7.90. The molecule has 10 atom stereocenters. The summed E-state index contributed by atoms with van der Waals surface area (Å²) in [6.07, 6.45) is 5.92. The lowest BCUT2D eigenvalue weighted by Crippen LogP contribution is -2.66. The lowest BCUT2D eigenvalue weighted by Gasteiger charge is -2.61. The Kier molecular flexibility index (Phi) is 5.37. The molecule has 2 N–H and O–H groups in total. The number of epoxide rings is 1. The smallest absolute Gasteiger partial charge is 0.336 e. The van der Waals surface area contributed by atoms with E-state index in [1.165, 1.54) is 6.08 Å². The van der Waals surface area contributed by atoms with Crippen molar-refractivity contribution in [3.05, 3.63) is 33.4 Å². The zero-order valence-electron chi connectivity index (χ0n) is 22.1. The number of aliphatic hydroxyl groups excluding tert-OH is 1. The average molecular weight is 512 g/mol. The van der Waals surface area contributed by atoms with Crippen molar-refractivity contribution in [2.75, 3.05) is 6.61 Å². The summed E-state index contributed by atoms with van der Waals surface area (Å²) in [5, 5.41) is 25.8. The van der Waals surface area contributed by atoms with E-state index in [4.69, 9.17) is 15.0 Å². The van der Waals surface area contributed by atoms with Crippen LogP contribution < -0.4 is 0 Å². The molecule has 4 aliphatic carbocycles. The van der Waals surface area contributed by atoms with E-state index in [2.05, 4.69) is 23.9 Å². The largest absolute Gasteiger partial charge is 0.458 e. The molecule has 0 bridgehead atoms. The van der Waals surface area contributed by atoms with Crippen molar-refractivity contribution in [1.82, 2.24) is 0 Å². The highest BCUT2D eigenvalue weighted by atomic mass is 16.6. The molecular formula is C28H37N3O6. The summed E-state index contributed by atoms with van der Waals surface area (Å²) >= 11 is 0. The van der Waals surface area contributed by atoms with Gasteiger partial charge < -0.3 is 19.7 Å². The van der Waals surface area contributed by atoms with Gasteiger partial charge in [0.2, 0.25) is 0 Å². The molecule has 0 radical (unpaired) electrons. The highest BCUT2D eigenvalue weighted by Gasteiger charge is 2.80. The number of carbonyl (C=O) groups excluding carboxylic acids is 2. The quantitative estimate of drug-likeness (QED) is 0.191. The topological polar surface area (TPSA) is 145 Å². The van der Waals surface area contributed by atoms with Crippen LogP contribution in [0.5, 0.6) is 0 Å². The van der Waals surface area contributed by atoms with Crippen molar-refractivity contribution in [3.63, 3.8) is 0 Å². The Morgan fingerprint density at radius 3 is 2.68 bits per heavy atom. The second-order valence-corrected chi connectivity index (χ2v) is 13.0. The third-order valence-electron chi connectivity index (χ3n) is 12.0. The maximum Gasteiger partial charge on any atom is 0.336 e. The van der Waals surface area contributed by atoms with E-state index < -0.39 is 22.6 Å². The Bertz CT molecular complexity index is 1190. The first-order chi connectivity index (χ1) is 17.5. The van der Waals surface area contributed by atoms with Gasteiger partial charge >= 0.3 is 5.97 Å². The van der Waals surface area contributed by atoms with Crippen LogP contribution in [-0.2, 0) is 19.1 Å². The standard InChI is InChI=1S/C28H37N3O6/c1-14-9-21(36-24(34)17(14)13-32)15(2)18-6-8-27(35)20-11-23-28(37-23)12-16(30-31-29)10-22(33)26(28,4)19(20)5-7-25(18,27)3/h10,15,18-21,23,32,35H,5-9,11-13H2,1-4H3/t15-,18+,19-,20+,21+,23+,25+,26-,27-,28+/m0/s1. The summed E-state index contributed by atoms with van der Waals surface area (Å²) in [6, 6.07) is 0. The third-order valence-corrected chi connectivity index (χ3v) is 12.0. The molecule has 0 unspecified atom stereocenters.